The summed E-state index contributed by atoms with van der Waals surface area (Å²) in [4.78, 5) is 13.1. The number of hydrogen-bond acceptors (Lipinski definition) is 3. The van der Waals surface area contributed by atoms with Crippen molar-refractivity contribution >= 4 is 11.6 Å². The van der Waals surface area contributed by atoms with Crippen molar-refractivity contribution in [2.45, 2.75) is 31.1 Å². The molecule has 1 fully saturated rings. The fourth-order valence-corrected chi connectivity index (χ4v) is 2.92. The van der Waals surface area contributed by atoms with Crippen molar-refractivity contribution in [2.24, 2.45) is 0 Å². The van der Waals surface area contributed by atoms with Crippen LogP contribution in [0.1, 0.15) is 30.8 Å². The van der Waals surface area contributed by atoms with Gasteiger partial charge in [-0.1, -0.05) is 18.0 Å². The Morgan fingerprint density at radius 2 is 1.78 bits per heavy atom. The number of hydrogen-bond donors (Lipinski definition) is 0. The number of pyridine rings is 1. The van der Waals surface area contributed by atoms with Crippen LogP contribution in [0, 0.1) is 0 Å². The molecule has 0 saturated heterocycles. The van der Waals surface area contributed by atoms with Crippen molar-refractivity contribution in [1.82, 2.24) is 15.0 Å². The van der Waals surface area contributed by atoms with Gasteiger partial charge in [0, 0.05) is 30.4 Å². The number of aromatic nitrogens is 3. The van der Waals surface area contributed by atoms with Crippen LogP contribution in [0.15, 0.2) is 36.8 Å². The van der Waals surface area contributed by atoms with E-state index in [2.05, 4.69) is 15.0 Å². The van der Waals surface area contributed by atoms with Crippen LogP contribution in [-0.4, -0.2) is 15.0 Å². The van der Waals surface area contributed by atoms with Crippen LogP contribution in [0.2, 0.25) is 5.02 Å². The monoisotopic (exact) mass is 259 g/mol. The lowest BCUT2D eigenvalue weighted by Gasteiger charge is -2.41. The molecule has 0 radical (unpaired) electrons. The first-order chi connectivity index (χ1) is 8.80. The van der Waals surface area contributed by atoms with Crippen LogP contribution >= 0.6 is 11.6 Å². The molecule has 2 aromatic rings. The Hall–Kier alpha value is -1.48. The Morgan fingerprint density at radius 1 is 1.06 bits per heavy atom. The third-order valence-corrected chi connectivity index (χ3v) is 3.99. The van der Waals surface area contributed by atoms with Crippen molar-refractivity contribution < 1.29 is 0 Å². The summed E-state index contributed by atoms with van der Waals surface area (Å²) in [5.74, 6) is 0.874. The van der Waals surface area contributed by atoms with E-state index in [4.69, 9.17) is 11.6 Å². The Balaban J connectivity index is 1.94. The molecule has 0 amide bonds. The van der Waals surface area contributed by atoms with Crippen LogP contribution < -0.4 is 0 Å². The summed E-state index contributed by atoms with van der Waals surface area (Å²) in [7, 11) is 0. The van der Waals surface area contributed by atoms with Gasteiger partial charge < -0.3 is 0 Å². The number of rotatable bonds is 3. The van der Waals surface area contributed by atoms with Crippen molar-refractivity contribution in [3.8, 4) is 0 Å². The zero-order chi connectivity index (χ0) is 12.4. The van der Waals surface area contributed by atoms with Gasteiger partial charge in [-0.25, -0.2) is 9.97 Å². The minimum Gasteiger partial charge on any atom is -0.259 e. The molecule has 2 aromatic heterocycles. The first-order valence-corrected chi connectivity index (χ1v) is 6.55. The molecule has 2 heterocycles. The predicted octanol–water partition coefficient (Wildman–Crippen LogP) is 3.19. The average Bonchev–Trinajstić information content (AvgIpc) is 2.36. The molecule has 4 heteroatoms. The lowest BCUT2D eigenvalue weighted by Crippen LogP contribution is -2.38. The molecule has 1 aliphatic rings. The van der Waals surface area contributed by atoms with E-state index in [1.807, 2.05) is 24.4 Å². The molecule has 92 valence electrons. The summed E-state index contributed by atoms with van der Waals surface area (Å²) in [6, 6.07) is 5.62. The fraction of sp³-hybridized carbons (Fsp3) is 0.357. The largest absolute Gasteiger partial charge is 0.259 e. The summed E-state index contributed by atoms with van der Waals surface area (Å²) in [5.41, 5.74) is 1.05. The van der Waals surface area contributed by atoms with Crippen molar-refractivity contribution in [1.29, 1.82) is 0 Å². The van der Waals surface area contributed by atoms with E-state index in [1.54, 1.807) is 12.4 Å². The Morgan fingerprint density at radius 3 is 2.39 bits per heavy atom. The smallest absolute Gasteiger partial charge is 0.129 e. The maximum atomic E-state index is 6.28. The minimum absolute atomic E-state index is 0.0414. The van der Waals surface area contributed by atoms with Gasteiger partial charge in [0.2, 0.25) is 0 Å². The summed E-state index contributed by atoms with van der Waals surface area (Å²) in [6.07, 6.45) is 9.66. The molecule has 1 saturated carbocycles. The molecular weight excluding hydrogens is 246 g/mol. The minimum atomic E-state index is 0.0414. The number of halogens is 1. The van der Waals surface area contributed by atoms with E-state index < -0.39 is 0 Å². The Bertz CT molecular complexity index is 538. The average molecular weight is 260 g/mol. The summed E-state index contributed by atoms with van der Waals surface area (Å²) in [6.45, 7) is 0. The van der Waals surface area contributed by atoms with Crippen molar-refractivity contribution in [3.05, 3.63) is 53.3 Å². The Kier molecular flexibility index (Phi) is 3.00. The van der Waals surface area contributed by atoms with Gasteiger partial charge in [-0.05, 0) is 31.0 Å². The molecular formula is C14H14ClN3. The van der Waals surface area contributed by atoms with Gasteiger partial charge in [-0.3, -0.25) is 4.98 Å². The van der Waals surface area contributed by atoms with Gasteiger partial charge in [-0.2, -0.15) is 0 Å². The maximum Gasteiger partial charge on any atom is 0.129 e. The zero-order valence-electron chi connectivity index (χ0n) is 10.0. The molecule has 0 aliphatic heterocycles. The molecule has 1 aliphatic carbocycles. The summed E-state index contributed by atoms with van der Waals surface area (Å²) < 4.78 is 0. The second-order valence-corrected chi connectivity index (χ2v) is 5.22. The van der Waals surface area contributed by atoms with Gasteiger partial charge in [0.1, 0.15) is 5.82 Å². The Labute approximate surface area is 111 Å². The normalized spacial score (nSPS) is 17.2. The standard InChI is InChI=1S/C14H14ClN3/c15-11-4-1-7-18-13(11)14(5-2-6-14)10-12-16-8-3-9-17-12/h1,3-4,7-9H,2,5-6,10H2. The van der Waals surface area contributed by atoms with Gasteiger partial charge in [0.05, 0.1) is 10.7 Å². The summed E-state index contributed by atoms with van der Waals surface area (Å²) in [5, 5.41) is 0.758. The van der Waals surface area contributed by atoms with Crippen LogP contribution in [0.25, 0.3) is 0 Å². The quantitative estimate of drug-likeness (QED) is 0.850. The van der Waals surface area contributed by atoms with Crippen molar-refractivity contribution in [3.63, 3.8) is 0 Å². The molecule has 0 spiro atoms. The lowest BCUT2D eigenvalue weighted by atomic mass is 9.64. The van der Waals surface area contributed by atoms with Gasteiger partial charge >= 0.3 is 0 Å². The van der Waals surface area contributed by atoms with E-state index in [0.29, 0.717) is 0 Å². The van der Waals surface area contributed by atoms with Crippen LogP contribution in [-0.2, 0) is 11.8 Å². The van der Waals surface area contributed by atoms with Gasteiger partial charge in [0.15, 0.2) is 0 Å². The zero-order valence-corrected chi connectivity index (χ0v) is 10.8. The molecule has 0 N–H and O–H groups in total. The van der Waals surface area contributed by atoms with Gasteiger partial charge in [-0.15, -0.1) is 0 Å². The molecule has 0 bridgehead atoms. The highest BCUT2D eigenvalue weighted by Crippen LogP contribution is 2.46. The third kappa shape index (κ3) is 1.99. The molecule has 0 atom stereocenters. The van der Waals surface area contributed by atoms with E-state index >= 15 is 0 Å². The third-order valence-electron chi connectivity index (χ3n) is 3.69. The molecule has 18 heavy (non-hydrogen) atoms. The topological polar surface area (TPSA) is 38.7 Å². The fourth-order valence-electron chi connectivity index (χ4n) is 2.60. The van der Waals surface area contributed by atoms with E-state index in [0.717, 1.165) is 35.8 Å². The van der Waals surface area contributed by atoms with E-state index in [9.17, 15) is 0 Å². The first-order valence-electron chi connectivity index (χ1n) is 6.17. The highest BCUT2D eigenvalue weighted by atomic mass is 35.5. The van der Waals surface area contributed by atoms with Crippen LogP contribution in [0.3, 0.4) is 0 Å². The van der Waals surface area contributed by atoms with Crippen LogP contribution in [0.5, 0.6) is 0 Å². The SMILES string of the molecule is Clc1cccnc1C1(Cc2ncccn2)CCC1. The second kappa shape index (κ2) is 4.65. The van der Waals surface area contributed by atoms with E-state index in [1.165, 1.54) is 6.42 Å². The first kappa shape index (κ1) is 11.6. The number of nitrogens with zero attached hydrogens (tertiary/aromatic N) is 3. The molecule has 3 rings (SSSR count). The van der Waals surface area contributed by atoms with Gasteiger partial charge in [0.25, 0.3) is 0 Å². The summed E-state index contributed by atoms with van der Waals surface area (Å²) >= 11 is 6.28. The van der Waals surface area contributed by atoms with Crippen molar-refractivity contribution in [2.75, 3.05) is 0 Å². The second-order valence-electron chi connectivity index (χ2n) is 4.81. The highest BCUT2D eigenvalue weighted by Gasteiger charge is 2.42. The highest BCUT2D eigenvalue weighted by molar-refractivity contribution is 6.31. The molecule has 0 unspecified atom stereocenters. The van der Waals surface area contributed by atoms with Crippen LogP contribution in [0.4, 0.5) is 0 Å². The molecule has 0 aromatic carbocycles. The maximum absolute atomic E-state index is 6.28. The van der Waals surface area contributed by atoms with E-state index in [-0.39, 0.29) is 5.41 Å². The lowest BCUT2D eigenvalue weighted by molar-refractivity contribution is 0.230. The molecule has 3 nitrogen and oxygen atoms in total. The predicted molar refractivity (Wildman–Crippen MR) is 70.5 cm³/mol.